The third-order valence-electron chi connectivity index (χ3n) is 5.21. The van der Waals surface area contributed by atoms with E-state index in [4.69, 9.17) is 0 Å². The smallest absolute Gasteiger partial charge is 0.326 e. The van der Waals surface area contributed by atoms with E-state index < -0.39 is 12.0 Å². The predicted molar refractivity (Wildman–Crippen MR) is 93.3 cm³/mol. The number of nitrogens with zero attached hydrogens (tertiary/aromatic N) is 3. The molecule has 0 radical (unpaired) electrons. The second-order valence-corrected chi connectivity index (χ2v) is 7.69. The van der Waals surface area contributed by atoms with Crippen molar-refractivity contribution in [1.29, 1.82) is 0 Å². The third-order valence-corrected chi connectivity index (χ3v) is 6.22. The summed E-state index contributed by atoms with van der Waals surface area (Å²) in [6.07, 6.45) is 7.89. The number of aliphatic carboxylic acids is 1. The zero-order valence-corrected chi connectivity index (χ0v) is 14.5. The molecule has 3 atom stereocenters. The van der Waals surface area contributed by atoms with Gasteiger partial charge < -0.3 is 10.0 Å². The van der Waals surface area contributed by atoms with Crippen LogP contribution in [0.25, 0.3) is 10.7 Å². The second kappa shape index (κ2) is 6.55. The molecule has 7 heteroatoms. The first-order chi connectivity index (χ1) is 12.1. The number of likely N-dealkylation sites (tertiary alicyclic amines) is 1. The van der Waals surface area contributed by atoms with Gasteiger partial charge in [-0.05, 0) is 37.3 Å². The van der Waals surface area contributed by atoms with E-state index >= 15 is 0 Å². The van der Waals surface area contributed by atoms with Gasteiger partial charge in [0.2, 0.25) is 0 Å². The highest BCUT2D eigenvalue weighted by Crippen LogP contribution is 2.41. The molecule has 1 aliphatic carbocycles. The SMILES string of the molecule is O=C(O)C1CC2CCCCC2N1C(=O)c1cnc(-c2ccccn2)s1. The van der Waals surface area contributed by atoms with Gasteiger partial charge in [-0.2, -0.15) is 0 Å². The van der Waals surface area contributed by atoms with Gasteiger partial charge in [-0.1, -0.05) is 18.9 Å². The normalized spacial score (nSPS) is 25.6. The molecule has 2 aliphatic rings. The van der Waals surface area contributed by atoms with Crippen molar-refractivity contribution in [3.8, 4) is 10.7 Å². The number of carboxylic acids is 1. The molecule has 3 unspecified atom stereocenters. The van der Waals surface area contributed by atoms with Crippen molar-refractivity contribution in [1.82, 2.24) is 14.9 Å². The van der Waals surface area contributed by atoms with E-state index in [9.17, 15) is 14.7 Å². The molecule has 130 valence electrons. The Kier molecular flexibility index (Phi) is 4.25. The number of rotatable bonds is 3. The number of hydrogen-bond acceptors (Lipinski definition) is 5. The highest BCUT2D eigenvalue weighted by Gasteiger charge is 2.48. The topological polar surface area (TPSA) is 83.4 Å². The van der Waals surface area contributed by atoms with Crippen molar-refractivity contribution >= 4 is 23.2 Å². The first-order valence-electron chi connectivity index (χ1n) is 8.58. The number of thiazole rings is 1. The lowest BCUT2D eigenvalue weighted by molar-refractivity contribution is -0.141. The fourth-order valence-electron chi connectivity index (χ4n) is 4.08. The number of carbonyl (C=O) groups is 2. The molecule has 2 fully saturated rings. The van der Waals surface area contributed by atoms with Crippen LogP contribution in [0.4, 0.5) is 0 Å². The summed E-state index contributed by atoms with van der Waals surface area (Å²) in [5.74, 6) is -0.805. The molecule has 6 nitrogen and oxygen atoms in total. The van der Waals surface area contributed by atoms with Crippen LogP contribution in [-0.4, -0.2) is 43.9 Å². The third kappa shape index (κ3) is 2.93. The standard InChI is InChI=1S/C18H19N3O3S/c22-17(15-10-20-16(25-15)12-6-3-4-8-19-12)21-13-7-2-1-5-11(13)9-14(21)18(23)24/h3-4,6,8,10-11,13-14H,1-2,5,7,9H2,(H,23,24). The maximum absolute atomic E-state index is 13.1. The van der Waals surface area contributed by atoms with E-state index in [1.54, 1.807) is 17.3 Å². The highest BCUT2D eigenvalue weighted by atomic mass is 32.1. The first kappa shape index (κ1) is 16.2. The van der Waals surface area contributed by atoms with Crippen molar-refractivity contribution in [3.05, 3.63) is 35.5 Å². The van der Waals surface area contributed by atoms with Crippen molar-refractivity contribution in [2.24, 2.45) is 5.92 Å². The van der Waals surface area contributed by atoms with Gasteiger partial charge in [0, 0.05) is 12.2 Å². The maximum Gasteiger partial charge on any atom is 0.326 e. The van der Waals surface area contributed by atoms with E-state index in [2.05, 4.69) is 9.97 Å². The van der Waals surface area contributed by atoms with Crippen LogP contribution in [0.5, 0.6) is 0 Å². The molecule has 3 heterocycles. The Morgan fingerprint density at radius 3 is 2.80 bits per heavy atom. The molecule has 25 heavy (non-hydrogen) atoms. The molecule has 0 bridgehead atoms. The van der Waals surface area contributed by atoms with Gasteiger partial charge >= 0.3 is 5.97 Å². The van der Waals surface area contributed by atoms with Crippen LogP contribution in [-0.2, 0) is 4.79 Å². The Morgan fingerprint density at radius 2 is 2.04 bits per heavy atom. The zero-order valence-electron chi connectivity index (χ0n) is 13.7. The van der Waals surface area contributed by atoms with Crippen LogP contribution in [0.15, 0.2) is 30.6 Å². The van der Waals surface area contributed by atoms with Gasteiger partial charge in [-0.15, -0.1) is 11.3 Å². The summed E-state index contributed by atoms with van der Waals surface area (Å²) in [6, 6.07) is 4.87. The van der Waals surface area contributed by atoms with Crippen LogP contribution in [0.3, 0.4) is 0 Å². The Morgan fingerprint density at radius 1 is 1.20 bits per heavy atom. The molecule has 0 spiro atoms. The molecule has 4 rings (SSSR count). The summed E-state index contributed by atoms with van der Waals surface area (Å²) < 4.78 is 0. The Balaban J connectivity index is 1.63. The number of pyridine rings is 1. The summed E-state index contributed by atoms with van der Waals surface area (Å²) in [4.78, 5) is 35.4. The first-order valence-corrected chi connectivity index (χ1v) is 9.39. The van der Waals surface area contributed by atoms with Gasteiger partial charge in [0.1, 0.15) is 15.9 Å². The molecule has 2 aromatic heterocycles. The summed E-state index contributed by atoms with van der Waals surface area (Å²) >= 11 is 1.28. The number of aromatic nitrogens is 2. The predicted octanol–water partition coefficient (Wildman–Crippen LogP) is 3.06. The number of carboxylic acid groups (broad SMARTS) is 1. The van der Waals surface area contributed by atoms with Crippen LogP contribution in [0, 0.1) is 5.92 Å². The summed E-state index contributed by atoms with van der Waals surface area (Å²) in [5.41, 5.74) is 0.721. The second-order valence-electron chi connectivity index (χ2n) is 6.66. The highest BCUT2D eigenvalue weighted by molar-refractivity contribution is 7.16. The Labute approximate surface area is 149 Å². The van der Waals surface area contributed by atoms with Crippen molar-refractivity contribution in [3.63, 3.8) is 0 Å². The van der Waals surface area contributed by atoms with E-state index in [1.165, 1.54) is 11.3 Å². The lowest BCUT2D eigenvalue weighted by Gasteiger charge is -2.32. The van der Waals surface area contributed by atoms with Crippen LogP contribution >= 0.6 is 11.3 Å². The van der Waals surface area contributed by atoms with Gasteiger partial charge in [0.05, 0.1) is 11.9 Å². The molecular formula is C18H19N3O3S. The average Bonchev–Trinajstić information content (AvgIpc) is 3.27. The molecular weight excluding hydrogens is 338 g/mol. The molecule has 1 saturated heterocycles. The van der Waals surface area contributed by atoms with Crippen LogP contribution in [0.2, 0.25) is 0 Å². The van der Waals surface area contributed by atoms with Crippen LogP contribution in [0.1, 0.15) is 41.8 Å². The summed E-state index contributed by atoms with van der Waals surface area (Å²) in [5, 5.41) is 10.3. The van der Waals surface area contributed by atoms with Gasteiger partial charge in [-0.25, -0.2) is 9.78 Å². The van der Waals surface area contributed by atoms with E-state index in [-0.39, 0.29) is 11.9 Å². The number of carbonyl (C=O) groups excluding carboxylic acids is 1. The summed E-state index contributed by atoms with van der Waals surface area (Å²) in [7, 11) is 0. The molecule has 1 saturated carbocycles. The van der Waals surface area contributed by atoms with Crippen molar-refractivity contribution in [2.45, 2.75) is 44.2 Å². The largest absolute Gasteiger partial charge is 0.480 e. The molecule has 1 amide bonds. The molecule has 0 aromatic carbocycles. The molecule has 1 N–H and O–H groups in total. The monoisotopic (exact) mass is 357 g/mol. The van der Waals surface area contributed by atoms with E-state index in [0.29, 0.717) is 22.2 Å². The quantitative estimate of drug-likeness (QED) is 0.913. The average molecular weight is 357 g/mol. The minimum atomic E-state index is -0.905. The summed E-state index contributed by atoms with van der Waals surface area (Å²) in [6.45, 7) is 0. The minimum absolute atomic E-state index is 0.0442. The lowest BCUT2D eigenvalue weighted by atomic mass is 9.85. The molecule has 2 aromatic rings. The zero-order chi connectivity index (χ0) is 17.4. The Hall–Kier alpha value is -2.28. The Bertz CT molecular complexity index is 792. The van der Waals surface area contributed by atoms with E-state index in [0.717, 1.165) is 31.4 Å². The number of amides is 1. The number of fused-ring (bicyclic) bond motifs is 1. The lowest BCUT2D eigenvalue weighted by Crippen LogP contribution is -2.46. The molecule has 1 aliphatic heterocycles. The van der Waals surface area contributed by atoms with Gasteiger partial charge in [0.25, 0.3) is 5.91 Å². The van der Waals surface area contributed by atoms with Crippen LogP contribution < -0.4 is 0 Å². The minimum Gasteiger partial charge on any atom is -0.480 e. The van der Waals surface area contributed by atoms with Crippen molar-refractivity contribution in [2.75, 3.05) is 0 Å². The van der Waals surface area contributed by atoms with E-state index in [1.807, 2.05) is 18.2 Å². The fraction of sp³-hybridized carbons (Fsp3) is 0.444. The fourth-order valence-corrected chi connectivity index (χ4v) is 4.92. The van der Waals surface area contributed by atoms with Gasteiger partial charge in [-0.3, -0.25) is 9.78 Å². The number of hydrogen-bond donors (Lipinski definition) is 1. The maximum atomic E-state index is 13.1. The van der Waals surface area contributed by atoms with Gasteiger partial charge in [0.15, 0.2) is 0 Å². The van der Waals surface area contributed by atoms with Crippen molar-refractivity contribution < 1.29 is 14.7 Å².